The molecule has 0 amide bonds. The van der Waals surface area contributed by atoms with Gasteiger partial charge in [0.1, 0.15) is 0 Å². The average Bonchev–Trinajstić information content (AvgIpc) is 3.06. The van der Waals surface area contributed by atoms with Crippen molar-refractivity contribution >= 4 is 23.0 Å². The van der Waals surface area contributed by atoms with Crippen molar-refractivity contribution in [3.05, 3.63) is 44.9 Å². The molecule has 0 saturated carbocycles. The van der Waals surface area contributed by atoms with Crippen LogP contribution < -0.4 is 10.6 Å². The van der Waals surface area contributed by atoms with Crippen LogP contribution in [0.3, 0.4) is 0 Å². The van der Waals surface area contributed by atoms with Crippen molar-refractivity contribution in [1.29, 1.82) is 0 Å². The third kappa shape index (κ3) is 5.05. The van der Waals surface area contributed by atoms with E-state index in [0.717, 1.165) is 48.3 Å². The summed E-state index contributed by atoms with van der Waals surface area (Å²) in [5.74, 6) is 0.876. The number of hydrogen-bond acceptors (Lipinski definition) is 6. The van der Waals surface area contributed by atoms with Crippen LogP contribution in [-0.4, -0.2) is 30.1 Å². The van der Waals surface area contributed by atoms with Gasteiger partial charge in [0, 0.05) is 30.6 Å². The Morgan fingerprint density at radius 2 is 2.12 bits per heavy atom. The van der Waals surface area contributed by atoms with Gasteiger partial charge in [-0.3, -0.25) is 4.99 Å². The zero-order chi connectivity index (χ0) is 18.5. The summed E-state index contributed by atoms with van der Waals surface area (Å²) in [6.07, 6.45) is 2.19. The molecule has 0 spiro atoms. The summed E-state index contributed by atoms with van der Waals surface area (Å²) >= 11 is 1.71. The molecular formula is C20H28N4OS. The maximum atomic E-state index is 5.64. The normalized spacial score (nSPS) is 14.3. The van der Waals surface area contributed by atoms with Crippen LogP contribution in [0.25, 0.3) is 0 Å². The van der Waals surface area contributed by atoms with Crippen molar-refractivity contribution in [3.63, 3.8) is 0 Å². The van der Waals surface area contributed by atoms with E-state index in [9.17, 15) is 0 Å². The van der Waals surface area contributed by atoms with Gasteiger partial charge >= 0.3 is 0 Å². The van der Waals surface area contributed by atoms with Gasteiger partial charge in [-0.05, 0) is 56.9 Å². The van der Waals surface area contributed by atoms with Crippen molar-refractivity contribution in [2.24, 2.45) is 4.99 Å². The molecule has 0 fully saturated rings. The van der Waals surface area contributed by atoms with Crippen LogP contribution in [0.4, 0.5) is 5.69 Å². The lowest BCUT2D eigenvalue weighted by Gasteiger charge is -2.18. The second-order valence-electron chi connectivity index (χ2n) is 7.00. The van der Waals surface area contributed by atoms with Gasteiger partial charge in [0.05, 0.1) is 23.4 Å². The van der Waals surface area contributed by atoms with Gasteiger partial charge in [-0.25, -0.2) is 4.98 Å². The molecule has 0 radical (unpaired) electrons. The number of guanidine groups is 1. The van der Waals surface area contributed by atoms with E-state index in [1.165, 1.54) is 16.7 Å². The molecule has 5 nitrogen and oxygen atoms in total. The molecule has 3 rings (SSSR count). The van der Waals surface area contributed by atoms with Crippen molar-refractivity contribution < 1.29 is 4.74 Å². The van der Waals surface area contributed by atoms with Gasteiger partial charge in [0.25, 0.3) is 0 Å². The van der Waals surface area contributed by atoms with Crippen LogP contribution in [0.5, 0.6) is 0 Å². The fourth-order valence-electron chi connectivity index (χ4n) is 2.86. The predicted octanol–water partition coefficient (Wildman–Crippen LogP) is 4.04. The number of nitrogens with one attached hydrogen (secondary N) is 2. The Balaban J connectivity index is 1.69. The van der Waals surface area contributed by atoms with Crippen LogP contribution in [0.2, 0.25) is 0 Å². The summed E-state index contributed by atoms with van der Waals surface area (Å²) in [5.41, 5.74) is 5.94. The average molecular weight is 373 g/mol. The molecule has 26 heavy (non-hydrogen) atoms. The Morgan fingerprint density at radius 3 is 2.85 bits per heavy atom. The molecule has 2 aromatic rings. The summed E-state index contributed by atoms with van der Waals surface area (Å²) in [4.78, 5) is 9.21. The van der Waals surface area contributed by atoms with Crippen LogP contribution in [0.1, 0.15) is 47.7 Å². The van der Waals surface area contributed by atoms with Crippen LogP contribution in [0, 0.1) is 13.8 Å². The largest absolute Gasteiger partial charge is 0.372 e. The molecule has 1 aromatic heterocycles. The van der Waals surface area contributed by atoms with Crippen molar-refractivity contribution in [3.8, 4) is 0 Å². The van der Waals surface area contributed by atoms with Crippen LogP contribution in [-0.2, 0) is 17.8 Å². The first-order valence-corrected chi connectivity index (χ1v) is 10.1. The number of aryl methyl sites for hydroxylation is 2. The molecule has 2 N–H and O–H groups in total. The number of anilines is 1. The fourth-order valence-corrected chi connectivity index (χ4v) is 3.66. The van der Waals surface area contributed by atoms with Crippen molar-refractivity contribution in [1.82, 2.24) is 10.3 Å². The highest BCUT2D eigenvalue weighted by atomic mass is 32.1. The first-order valence-electron chi connectivity index (χ1n) is 9.21. The van der Waals surface area contributed by atoms with Gasteiger partial charge < -0.3 is 15.4 Å². The first-order chi connectivity index (χ1) is 12.5. The van der Waals surface area contributed by atoms with E-state index in [-0.39, 0.29) is 6.10 Å². The Hall–Kier alpha value is -1.92. The lowest BCUT2D eigenvalue weighted by Crippen LogP contribution is -2.35. The number of thiazole rings is 1. The van der Waals surface area contributed by atoms with E-state index >= 15 is 0 Å². The summed E-state index contributed by atoms with van der Waals surface area (Å²) in [7, 11) is 0. The Bertz CT molecular complexity index is 782. The standard InChI is InChI=1S/C20H28N4OS/c1-13(2)25-11-17-12-26-19(23-17)10-16-8-15(4)18(9-14(16)3)24-20-21-6-5-7-22-20/h8-9,12-13H,5-7,10-11H2,1-4H3,(H2,21,22,24). The number of hydrogen-bond donors (Lipinski definition) is 2. The second kappa shape index (κ2) is 8.64. The molecule has 6 heteroatoms. The summed E-state index contributed by atoms with van der Waals surface area (Å²) in [6, 6.07) is 4.46. The minimum Gasteiger partial charge on any atom is -0.372 e. The zero-order valence-corrected chi connectivity index (χ0v) is 16.9. The number of ether oxygens (including phenoxy) is 1. The van der Waals surface area contributed by atoms with Crippen molar-refractivity contribution in [2.45, 2.75) is 53.2 Å². The van der Waals surface area contributed by atoms with Gasteiger partial charge in [-0.1, -0.05) is 6.07 Å². The number of benzene rings is 1. The lowest BCUT2D eigenvalue weighted by molar-refractivity contribution is 0.0638. The van der Waals surface area contributed by atoms with Gasteiger partial charge in [-0.15, -0.1) is 11.3 Å². The minimum atomic E-state index is 0.230. The van der Waals surface area contributed by atoms with E-state index < -0.39 is 0 Å². The third-order valence-corrected chi connectivity index (χ3v) is 5.24. The van der Waals surface area contributed by atoms with Crippen LogP contribution in [0.15, 0.2) is 22.5 Å². The van der Waals surface area contributed by atoms with Gasteiger partial charge in [0.2, 0.25) is 0 Å². The SMILES string of the molecule is Cc1cc(NC2=NCCCN2)c(C)cc1Cc1nc(COC(C)C)cs1. The topological polar surface area (TPSA) is 58.5 Å². The predicted molar refractivity (Wildman–Crippen MR) is 109 cm³/mol. The molecular weight excluding hydrogens is 344 g/mol. The highest BCUT2D eigenvalue weighted by molar-refractivity contribution is 7.09. The lowest BCUT2D eigenvalue weighted by atomic mass is 10.0. The highest BCUT2D eigenvalue weighted by Crippen LogP contribution is 2.24. The van der Waals surface area contributed by atoms with Crippen molar-refractivity contribution in [2.75, 3.05) is 18.4 Å². The number of nitrogens with zero attached hydrogens (tertiary/aromatic N) is 2. The Morgan fingerprint density at radius 1 is 1.27 bits per heavy atom. The van der Waals surface area contributed by atoms with E-state index in [1.807, 2.05) is 13.8 Å². The first kappa shape index (κ1) is 18.9. The summed E-state index contributed by atoms with van der Waals surface area (Å²) in [6.45, 7) is 10.8. The molecule has 1 aliphatic rings. The zero-order valence-electron chi connectivity index (χ0n) is 16.1. The van der Waals surface area contributed by atoms with E-state index in [0.29, 0.717) is 6.61 Å². The maximum Gasteiger partial charge on any atom is 0.195 e. The molecule has 0 aliphatic carbocycles. The number of rotatable bonds is 6. The van der Waals surface area contributed by atoms with Crippen LogP contribution >= 0.6 is 11.3 Å². The van der Waals surface area contributed by atoms with Gasteiger partial charge in [0.15, 0.2) is 5.96 Å². The van der Waals surface area contributed by atoms with Gasteiger partial charge in [-0.2, -0.15) is 0 Å². The number of aromatic nitrogens is 1. The smallest absolute Gasteiger partial charge is 0.195 e. The quantitative estimate of drug-likeness (QED) is 0.803. The van der Waals surface area contributed by atoms with E-state index in [1.54, 1.807) is 11.3 Å². The molecule has 1 aliphatic heterocycles. The molecule has 0 bridgehead atoms. The molecule has 0 unspecified atom stereocenters. The Labute approximate surface area is 159 Å². The number of aliphatic imine (C=N–C) groups is 1. The molecule has 0 saturated heterocycles. The monoisotopic (exact) mass is 372 g/mol. The Kier molecular flexibility index (Phi) is 6.27. The highest BCUT2D eigenvalue weighted by Gasteiger charge is 2.11. The maximum absolute atomic E-state index is 5.64. The fraction of sp³-hybridized carbons (Fsp3) is 0.500. The molecule has 1 aromatic carbocycles. The third-order valence-electron chi connectivity index (χ3n) is 4.34. The summed E-state index contributed by atoms with van der Waals surface area (Å²) < 4.78 is 5.64. The summed E-state index contributed by atoms with van der Waals surface area (Å²) in [5, 5.41) is 9.96. The molecule has 0 atom stereocenters. The molecule has 140 valence electrons. The molecule has 2 heterocycles. The van der Waals surface area contributed by atoms with E-state index in [2.05, 4.69) is 47.0 Å². The minimum absolute atomic E-state index is 0.230. The van der Waals surface area contributed by atoms with E-state index in [4.69, 9.17) is 9.72 Å². The second-order valence-corrected chi connectivity index (χ2v) is 7.94.